The molecule has 0 aliphatic heterocycles. The second-order valence-electron chi connectivity index (χ2n) is 3.71. The molecule has 0 radical (unpaired) electrons. The Morgan fingerprint density at radius 1 is 0.810 bits per heavy atom. The molecule has 3 atom stereocenters. The van der Waals surface area contributed by atoms with Crippen LogP contribution < -0.4 is 0 Å². The van der Waals surface area contributed by atoms with Crippen molar-refractivity contribution in [3.8, 4) is 0 Å². The van der Waals surface area contributed by atoms with Gasteiger partial charge in [0.1, 0.15) is 0 Å². The maximum atomic E-state index is 10.6. The van der Waals surface area contributed by atoms with Crippen LogP contribution in [0.15, 0.2) is 0 Å². The average molecular weight is 388 g/mol. The van der Waals surface area contributed by atoms with Crippen LogP contribution in [0.4, 0.5) is 0 Å². The van der Waals surface area contributed by atoms with E-state index in [1.165, 1.54) is 0 Å². The van der Waals surface area contributed by atoms with Crippen LogP contribution in [-0.2, 0) is 51.4 Å². The fraction of sp³-hybridized carbons (Fsp3) is 1.00. The molecule has 0 aliphatic carbocycles. The van der Waals surface area contributed by atoms with E-state index < -0.39 is 59.3 Å². The Morgan fingerprint density at radius 2 is 1.19 bits per heavy atom. The Hall–Kier alpha value is 0.520. The van der Waals surface area contributed by atoms with Gasteiger partial charge in [-0.15, -0.1) is 0 Å². The first-order chi connectivity index (χ1) is 9.81. The molecule has 0 bridgehead atoms. The maximum Gasteiger partial charge on any atom is 0.301 e. The summed E-state index contributed by atoms with van der Waals surface area (Å²) < 4.78 is 76.4. The van der Waals surface area contributed by atoms with E-state index in [-0.39, 0.29) is 13.2 Å². The SMILES string of the molecule is O=S(O)OCC(COCCS)(COS(=O)O)COS(=O)O. The summed E-state index contributed by atoms with van der Waals surface area (Å²) in [6.07, 6.45) is 0. The number of rotatable bonds is 13. The Bertz CT molecular complexity index is 318. The van der Waals surface area contributed by atoms with Crippen LogP contribution >= 0.6 is 12.6 Å². The molecule has 0 aromatic heterocycles. The summed E-state index contributed by atoms with van der Waals surface area (Å²) in [6.45, 7) is -1.40. The maximum absolute atomic E-state index is 10.6. The van der Waals surface area contributed by atoms with Crippen LogP contribution in [0.5, 0.6) is 0 Å². The van der Waals surface area contributed by atoms with Crippen LogP contribution in [0.1, 0.15) is 0 Å². The summed E-state index contributed by atoms with van der Waals surface area (Å²) in [4.78, 5) is 0. The van der Waals surface area contributed by atoms with Crippen molar-refractivity contribution in [2.24, 2.45) is 5.41 Å². The minimum Gasteiger partial charge on any atom is -0.380 e. The van der Waals surface area contributed by atoms with E-state index in [0.717, 1.165) is 0 Å². The Balaban J connectivity index is 4.89. The molecule has 0 saturated heterocycles. The van der Waals surface area contributed by atoms with E-state index in [4.69, 9.17) is 18.4 Å². The third-order valence-electron chi connectivity index (χ3n) is 2.04. The molecule has 128 valence electrons. The van der Waals surface area contributed by atoms with E-state index in [0.29, 0.717) is 5.75 Å². The zero-order valence-corrected chi connectivity index (χ0v) is 14.0. The Labute approximate surface area is 134 Å². The molecule has 0 spiro atoms. The predicted molar refractivity (Wildman–Crippen MR) is 77.3 cm³/mol. The van der Waals surface area contributed by atoms with Crippen molar-refractivity contribution in [1.82, 2.24) is 0 Å². The normalized spacial score (nSPS) is 18.9. The Kier molecular flexibility index (Phi) is 12.3. The molecule has 0 fully saturated rings. The lowest BCUT2D eigenvalue weighted by atomic mass is 9.93. The van der Waals surface area contributed by atoms with Crippen LogP contribution in [0.3, 0.4) is 0 Å². The van der Waals surface area contributed by atoms with Crippen LogP contribution in [0, 0.1) is 5.41 Å². The van der Waals surface area contributed by atoms with Gasteiger partial charge in [0.05, 0.1) is 38.4 Å². The topological polar surface area (TPSA) is 149 Å². The molecule has 3 N–H and O–H groups in total. The minimum atomic E-state index is -2.61. The summed E-state index contributed by atoms with van der Waals surface area (Å²) in [7, 11) is 0. The summed E-state index contributed by atoms with van der Waals surface area (Å²) in [6, 6.07) is 0. The van der Waals surface area contributed by atoms with Gasteiger partial charge in [-0.05, 0) is 0 Å². The van der Waals surface area contributed by atoms with Crippen molar-refractivity contribution in [3.63, 3.8) is 0 Å². The molecule has 0 aliphatic rings. The van der Waals surface area contributed by atoms with Gasteiger partial charge >= 0.3 is 34.1 Å². The van der Waals surface area contributed by atoms with Gasteiger partial charge in [0.15, 0.2) is 0 Å². The van der Waals surface area contributed by atoms with E-state index in [1.807, 2.05) is 0 Å². The van der Waals surface area contributed by atoms with Gasteiger partial charge < -0.3 is 4.74 Å². The molecule has 0 rings (SSSR count). The highest BCUT2D eigenvalue weighted by Crippen LogP contribution is 2.22. The van der Waals surface area contributed by atoms with Gasteiger partial charge in [-0.3, -0.25) is 26.2 Å². The third kappa shape index (κ3) is 11.7. The van der Waals surface area contributed by atoms with Gasteiger partial charge in [-0.1, -0.05) is 0 Å². The van der Waals surface area contributed by atoms with Gasteiger partial charge in [-0.2, -0.15) is 25.3 Å². The highest BCUT2D eigenvalue weighted by atomic mass is 32.2. The third-order valence-corrected chi connectivity index (χ3v) is 3.18. The summed E-state index contributed by atoms with van der Waals surface area (Å²) >= 11 is -3.90. The smallest absolute Gasteiger partial charge is 0.301 e. The molecule has 0 amide bonds. The summed E-state index contributed by atoms with van der Waals surface area (Å²) in [5.41, 5.74) is -1.34. The first kappa shape index (κ1) is 21.5. The molecule has 14 heteroatoms. The second-order valence-corrected chi connectivity index (χ2v) is 6.17. The van der Waals surface area contributed by atoms with E-state index in [2.05, 4.69) is 25.2 Å². The van der Waals surface area contributed by atoms with Gasteiger partial charge in [0.2, 0.25) is 0 Å². The molecule has 0 aromatic rings. The van der Waals surface area contributed by atoms with Gasteiger partial charge in [-0.25, -0.2) is 0 Å². The highest BCUT2D eigenvalue weighted by Gasteiger charge is 2.35. The van der Waals surface area contributed by atoms with Gasteiger partial charge in [0, 0.05) is 5.75 Å². The van der Waals surface area contributed by atoms with Gasteiger partial charge in [0.25, 0.3) is 0 Å². The van der Waals surface area contributed by atoms with Crippen molar-refractivity contribution in [2.75, 3.05) is 38.8 Å². The number of hydrogen-bond donors (Lipinski definition) is 4. The number of hydrogen-bond acceptors (Lipinski definition) is 8. The fourth-order valence-corrected chi connectivity index (χ4v) is 2.31. The van der Waals surface area contributed by atoms with Crippen molar-refractivity contribution < 1.29 is 43.6 Å². The molecule has 10 nitrogen and oxygen atoms in total. The lowest BCUT2D eigenvalue weighted by Gasteiger charge is -2.30. The second kappa shape index (κ2) is 12.0. The quantitative estimate of drug-likeness (QED) is 0.183. The Morgan fingerprint density at radius 3 is 1.48 bits per heavy atom. The molecule has 0 aromatic carbocycles. The van der Waals surface area contributed by atoms with Crippen molar-refractivity contribution in [1.29, 1.82) is 0 Å². The van der Waals surface area contributed by atoms with E-state index in [1.54, 1.807) is 0 Å². The standard InChI is InChI=1S/C7H16O10S4/c8-19(9)15-4-7(3-14-1-2-18,5-16-20(10)11)6-17-21(12)13/h18H,1-6H2,(H,8,9)(H,10,11)(H,12,13). The lowest BCUT2D eigenvalue weighted by Crippen LogP contribution is -2.42. The first-order valence-electron chi connectivity index (χ1n) is 5.22. The minimum absolute atomic E-state index is 0.181. The fourth-order valence-electron chi connectivity index (χ4n) is 1.13. The molecular weight excluding hydrogens is 372 g/mol. The van der Waals surface area contributed by atoms with Crippen LogP contribution in [0.2, 0.25) is 0 Å². The van der Waals surface area contributed by atoms with Crippen molar-refractivity contribution in [2.45, 2.75) is 0 Å². The summed E-state index contributed by atoms with van der Waals surface area (Å²) in [5.74, 6) is 0.377. The molecule has 21 heavy (non-hydrogen) atoms. The van der Waals surface area contributed by atoms with Crippen molar-refractivity contribution in [3.05, 3.63) is 0 Å². The predicted octanol–water partition coefficient (Wildman–Crippen LogP) is -0.621. The number of thiol groups is 1. The molecule has 3 unspecified atom stereocenters. The van der Waals surface area contributed by atoms with Crippen molar-refractivity contribution >= 4 is 46.7 Å². The number of ether oxygens (including phenoxy) is 1. The van der Waals surface area contributed by atoms with Crippen LogP contribution in [0.25, 0.3) is 0 Å². The molecule has 0 saturated carbocycles. The molecular formula is C7H16O10S4. The van der Waals surface area contributed by atoms with E-state index in [9.17, 15) is 12.6 Å². The monoisotopic (exact) mass is 388 g/mol. The lowest BCUT2D eigenvalue weighted by molar-refractivity contribution is -0.0335. The highest BCUT2D eigenvalue weighted by molar-refractivity contribution is 7.80. The zero-order valence-electron chi connectivity index (χ0n) is 10.6. The summed E-state index contributed by atoms with van der Waals surface area (Å²) in [5, 5.41) is 0. The molecule has 0 heterocycles. The zero-order chi connectivity index (χ0) is 16.3. The van der Waals surface area contributed by atoms with Crippen LogP contribution in [-0.4, -0.2) is 65.1 Å². The first-order valence-corrected chi connectivity index (χ1v) is 8.95. The largest absolute Gasteiger partial charge is 0.380 e. The van der Waals surface area contributed by atoms with E-state index >= 15 is 0 Å². The average Bonchev–Trinajstić information content (AvgIpc) is 2.40.